The molecule has 0 spiro atoms. The minimum absolute atomic E-state index is 0.128. The van der Waals surface area contributed by atoms with Crippen LogP contribution in [-0.2, 0) is 9.53 Å². The summed E-state index contributed by atoms with van der Waals surface area (Å²) in [6, 6.07) is 9.79. The Morgan fingerprint density at radius 1 is 0.935 bits per heavy atom. The van der Waals surface area contributed by atoms with E-state index < -0.39 is 0 Å². The van der Waals surface area contributed by atoms with Crippen molar-refractivity contribution < 1.29 is 28.6 Å². The zero-order valence-corrected chi connectivity index (χ0v) is 17.3. The number of ether oxygens (including phenoxy) is 3. The van der Waals surface area contributed by atoms with E-state index in [0.717, 1.165) is 0 Å². The Balaban J connectivity index is 1.64. The quantitative estimate of drug-likeness (QED) is 0.802. The molecule has 2 aliphatic heterocycles. The number of fused-ring (bicyclic) bond motifs is 1. The third-order valence-electron chi connectivity index (χ3n) is 5.28. The van der Waals surface area contributed by atoms with Gasteiger partial charge in [-0.05, 0) is 36.4 Å². The average molecular weight is 425 g/mol. The lowest BCUT2D eigenvalue weighted by Gasteiger charge is -2.31. The fourth-order valence-electron chi connectivity index (χ4n) is 3.68. The number of hydrogen-bond donors (Lipinski definition) is 1. The Labute approximate surface area is 179 Å². The molecule has 0 bridgehead atoms. The van der Waals surface area contributed by atoms with Crippen molar-refractivity contribution in [2.75, 3.05) is 57.3 Å². The Bertz CT molecular complexity index is 1030. The average Bonchev–Trinajstić information content (AvgIpc) is 2.82. The van der Waals surface area contributed by atoms with Crippen LogP contribution in [0.25, 0.3) is 0 Å². The minimum Gasteiger partial charge on any atom is -0.493 e. The molecule has 31 heavy (non-hydrogen) atoms. The SMILES string of the molecule is COc1ccc(C(=O)N2CC(=O)Nc3cc(C(=O)N4CCOCC4)ccc32)cc1OC. The van der Waals surface area contributed by atoms with Crippen LogP contribution in [-0.4, -0.2) is 69.7 Å². The van der Waals surface area contributed by atoms with Crippen molar-refractivity contribution in [3.05, 3.63) is 47.5 Å². The standard InChI is InChI=1S/C22H23N3O6/c1-29-18-6-4-15(12-19(18)30-2)22(28)25-13-20(26)23-16-11-14(3-5-17(16)25)21(27)24-7-9-31-10-8-24/h3-6,11-12H,7-10,13H2,1-2H3,(H,23,26). The first kappa shape index (κ1) is 20.7. The summed E-state index contributed by atoms with van der Waals surface area (Å²) in [6.07, 6.45) is 0. The number of morpholine rings is 1. The lowest BCUT2D eigenvalue weighted by atomic mass is 10.1. The van der Waals surface area contributed by atoms with Gasteiger partial charge in [-0.25, -0.2) is 0 Å². The van der Waals surface area contributed by atoms with Gasteiger partial charge in [-0.2, -0.15) is 0 Å². The van der Waals surface area contributed by atoms with Crippen molar-refractivity contribution in [3.8, 4) is 11.5 Å². The summed E-state index contributed by atoms with van der Waals surface area (Å²) < 4.78 is 15.8. The lowest BCUT2D eigenvalue weighted by molar-refractivity contribution is -0.115. The summed E-state index contributed by atoms with van der Waals surface area (Å²) in [5, 5.41) is 2.76. The number of carbonyl (C=O) groups excluding carboxylic acids is 3. The molecule has 0 atom stereocenters. The fraction of sp³-hybridized carbons (Fsp3) is 0.318. The maximum Gasteiger partial charge on any atom is 0.258 e. The summed E-state index contributed by atoms with van der Waals surface area (Å²) in [6.45, 7) is 1.91. The van der Waals surface area contributed by atoms with Gasteiger partial charge >= 0.3 is 0 Å². The number of benzene rings is 2. The molecule has 2 aliphatic rings. The molecule has 0 unspecified atom stereocenters. The molecule has 1 saturated heterocycles. The number of rotatable bonds is 4. The second-order valence-electron chi connectivity index (χ2n) is 7.15. The van der Waals surface area contributed by atoms with Crippen LogP contribution < -0.4 is 19.7 Å². The first-order valence-electron chi connectivity index (χ1n) is 9.86. The van der Waals surface area contributed by atoms with Crippen molar-refractivity contribution in [1.29, 1.82) is 0 Å². The van der Waals surface area contributed by atoms with Gasteiger partial charge in [0, 0.05) is 24.2 Å². The smallest absolute Gasteiger partial charge is 0.258 e. The third-order valence-corrected chi connectivity index (χ3v) is 5.28. The first-order valence-corrected chi connectivity index (χ1v) is 9.86. The molecule has 9 nitrogen and oxygen atoms in total. The van der Waals surface area contributed by atoms with Crippen LogP contribution in [0.3, 0.4) is 0 Å². The van der Waals surface area contributed by atoms with Gasteiger partial charge in [0.2, 0.25) is 5.91 Å². The van der Waals surface area contributed by atoms with Crippen molar-refractivity contribution >= 4 is 29.1 Å². The highest BCUT2D eigenvalue weighted by atomic mass is 16.5. The molecule has 2 aromatic carbocycles. The molecule has 0 radical (unpaired) electrons. The van der Waals surface area contributed by atoms with Crippen molar-refractivity contribution in [2.24, 2.45) is 0 Å². The van der Waals surface area contributed by atoms with Crippen LogP contribution >= 0.6 is 0 Å². The number of nitrogens with zero attached hydrogens (tertiary/aromatic N) is 2. The highest BCUT2D eigenvalue weighted by molar-refractivity contribution is 6.16. The zero-order chi connectivity index (χ0) is 22.0. The van der Waals surface area contributed by atoms with E-state index in [1.165, 1.54) is 19.1 Å². The van der Waals surface area contributed by atoms with E-state index in [-0.39, 0.29) is 24.3 Å². The van der Waals surface area contributed by atoms with Crippen molar-refractivity contribution in [2.45, 2.75) is 0 Å². The van der Waals surface area contributed by atoms with Gasteiger partial charge in [-0.1, -0.05) is 0 Å². The van der Waals surface area contributed by atoms with E-state index in [9.17, 15) is 14.4 Å². The van der Waals surface area contributed by atoms with Gasteiger partial charge in [-0.15, -0.1) is 0 Å². The number of anilines is 2. The summed E-state index contributed by atoms with van der Waals surface area (Å²) in [7, 11) is 3.00. The molecule has 1 fully saturated rings. The maximum absolute atomic E-state index is 13.2. The first-order chi connectivity index (χ1) is 15.0. The van der Waals surface area contributed by atoms with Gasteiger partial charge in [0.05, 0.1) is 38.8 Å². The largest absolute Gasteiger partial charge is 0.493 e. The number of carbonyl (C=O) groups is 3. The van der Waals surface area contributed by atoms with Gasteiger partial charge in [0.15, 0.2) is 11.5 Å². The molecular formula is C22H23N3O6. The summed E-state index contributed by atoms with van der Waals surface area (Å²) in [4.78, 5) is 41.4. The summed E-state index contributed by atoms with van der Waals surface area (Å²) in [5.74, 6) is 0.0916. The Morgan fingerprint density at radius 3 is 2.32 bits per heavy atom. The molecule has 0 aromatic heterocycles. The molecule has 2 heterocycles. The number of amides is 3. The Kier molecular flexibility index (Phi) is 5.77. The summed E-state index contributed by atoms with van der Waals surface area (Å²) in [5.41, 5.74) is 1.75. The molecule has 0 saturated carbocycles. The molecule has 1 N–H and O–H groups in total. The van der Waals surface area contributed by atoms with Crippen LogP contribution in [0, 0.1) is 0 Å². The van der Waals surface area contributed by atoms with Gasteiger partial charge in [0.1, 0.15) is 6.54 Å². The van der Waals surface area contributed by atoms with E-state index in [4.69, 9.17) is 14.2 Å². The highest BCUT2D eigenvalue weighted by Gasteiger charge is 2.29. The molecule has 3 amide bonds. The number of nitrogens with one attached hydrogen (secondary N) is 1. The maximum atomic E-state index is 13.2. The van der Waals surface area contributed by atoms with E-state index in [2.05, 4.69) is 5.32 Å². The highest BCUT2D eigenvalue weighted by Crippen LogP contribution is 2.34. The molecule has 9 heteroatoms. The second-order valence-corrected chi connectivity index (χ2v) is 7.15. The Hall–Kier alpha value is -3.59. The fourth-order valence-corrected chi connectivity index (χ4v) is 3.68. The van der Waals surface area contributed by atoms with E-state index in [0.29, 0.717) is 60.3 Å². The number of hydrogen-bond acceptors (Lipinski definition) is 6. The van der Waals surface area contributed by atoms with Crippen LogP contribution in [0.15, 0.2) is 36.4 Å². The van der Waals surface area contributed by atoms with Crippen LogP contribution in [0.4, 0.5) is 11.4 Å². The van der Waals surface area contributed by atoms with Gasteiger partial charge in [0.25, 0.3) is 11.8 Å². The lowest BCUT2D eigenvalue weighted by Crippen LogP contribution is -2.43. The molecule has 0 aliphatic carbocycles. The predicted octanol–water partition coefficient (Wildman–Crippen LogP) is 1.78. The molecule has 2 aromatic rings. The summed E-state index contributed by atoms with van der Waals surface area (Å²) >= 11 is 0. The molecule has 162 valence electrons. The van der Waals surface area contributed by atoms with Gasteiger partial charge in [-0.3, -0.25) is 19.3 Å². The van der Waals surface area contributed by atoms with Crippen LogP contribution in [0.2, 0.25) is 0 Å². The van der Waals surface area contributed by atoms with Crippen LogP contribution in [0.5, 0.6) is 11.5 Å². The third kappa shape index (κ3) is 4.04. The normalized spacial score (nSPS) is 15.7. The van der Waals surface area contributed by atoms with Crippen molar-refractivity contribution in [1.82, 2.24) is 4.90 Å². The van der Waals surface area contributed by atoms with E-state index in [1.807, 2.05) is 0 Å². The topological polar surface area (TPSA) is 97.4 Å². The molecular weight excluding hydrogens is 402 g/mol. The predicted molar refractivity (Wildman–Crippen MR) is 113 cm³/mol. The number of methoxy groups -OCH3 is 2. The van der Waals surface area contributed by atoms with E-state index in [1.54, 1.807) is 41.3 Å². The monoisotopic (exact) mass is 425 g/mol. The van der Waals surface area contributed by atoms with Gasteiger partial charge < -0.3 is 24.4 Å². The molecule has 4 rings (SSSR count). The van der Waals surface area contributed by atoms with Crippen molar-refractivity contribution in [3.63, 3.8) is 0 Å². The second kappa shape index (κ2) is 8.65. The Morgan fingerprint density at radius 2 is 1.61 bits per heavy atom. The minimum atomic E-state index is -0.357. The van der Waals surface area contributed by atoms with E-state index >= 15 is 0 Å². The van der Waals surface area contributed by atoms with Crippen LogP contribution in [0.1, 0.15) is 20.7 Å². The zero-order valence-electron chi connectivity index (χ0n) is 17.3.